The van der Waals surface area contributed by atoms with Crippen molar-refractivity contribution in [1.29, 1.82) is 0 Å². The van der Waals surface area contributed by atoms with Crippen molar-refractivity contribution >= 4 is 21.9 Å². The summed E-state index contributed by atoms with van der Waals surface area (Å²) in [5, 5.41) is 8.56. The van der Waals surface area contributed by atoms with Crippen molar-refractivity contribution in [3.8, 4) is 5.75 Å². The molecule has 70 valence electrons. The molecule has 0 heterocycles. The first-order valence-corrected chi connectivity index (χ1v) is 4.54. The van der Waals surface area contributed by atoms with Crippen LogP contribution in [0.5, 0.6) is 5.75 Å². The van der Waals surface area contributed by atoms with Gasteiger partial charge in [0.1, 0.15) is 5.75 Å². The summed E-state index contributed by atoms with van der Waals surface area (Å²) in [6.07, 6.45) is -0.818. The Morgan fingerprint density at radius 2 is 2.00 bits per heavy atom. The molecule has 13 heavy (non-hydrogen) atoms. The maximum Gasteiger partial charge on any atom is 0.344 e. The van der Waals surface area contributed by atoms with Gasteiger partial charge in [-0.15, -0.1) is 0 Å². The minimum Gasteiger partial charge on any atom is -0.479 e. The number of halogens is 1. The standard InChI is InChI=1S/C9H9BrO3/c1-6(9(11)12)13-8-4-2-7(10)3-5-8/h2-6H,1H3,(H,11,12)/t6-/m0/s1. The molecular weight excluding hydrogens is 236 g/mol. The van der Waals surface area contributed by atoms with Crippen LogP contribution in [0.4, 0.5) is 0 Å². The molecule has 0 fully saturated rings. The summed E-state index contributed by atoms with van der Waals surface area (Å²) in [5.41, 5.74) is 0. The van der Waals surface area contributed by atoms with Gasteiger partial charge in [0.2, 0.25) is 0 Å². The number of carboxylic acids is 1. The first kappa shape index (κ1) is 10.1. The lowest BCUT2D eigenvalue weighted by molar-refractivity contribution is -0.144. The number of rotatable bonds is 3. The minimum absolute atomic E-state index is 0.554. The topological polar surface area (TPSA) is 46.5 Å². The van der Waals surface area contributed by atoms with Gasteiger partial charge in [-0.1, -0.05) is 15.9 Å². The van der Waals surface area contributed by atoms with Crippen LogP contribution in [-0.4, -0.2) is 17.2 Å². The molecule has 3 nitrogen and oxygen atoms in total. The summed E-state index contributed by atoms with van der Waals surface area (Å²) in [6, 6.07) is 7.01. The van der Waals surface area contributed by atoms with Gasteiger partial charge in [-0.2, -0.15) is 0 Å². The van der Waals surface area contributed by atoms with E-state index in [0.717, 1.165) is 4.47 Å². The van der Waals surface area contributed by atoms with E-state index < -0.39 is 12.1 Å². The quantitative estimate of drug-likeness (QED) is 0.888. The lowest BCUT2D eigenvalue weighted by Crippen LogP contribution is -2.22. The second kappa shape index (κ2) is 4.28. The largest absolute Gasteiger partial charge is 0.479 e. The molecule has 4 heteroatoms. The van der Waals surface area contributed by atoms with Gasteiger partial charge in [-0.3, -0.25) is 0 Å². The summed E-state index contributed by atoms with van der Waals surface area (Å²) in [4.78, 5) is 10.4. The van der Waals surface area contributed by atoms with Crippen molar-refractivity contribution in [3.63, 3.8) is 0 Å². The lowest BCUT2D eigenvalue weighted by Gasteiger charge is -2.09. The molecule has 1 atom stereocenters. The predicted molar refractivity (Wildman–Crippen MR) is 51.9 cm³/mol. The van der Waals surface area contributed by atoms with E-state index >= 15 is 0 Å². The number of hydrogen-bond acceptors (Lipinski definition) is 2. The number of carbonyl (C=O) groups is 1. The van der Waals surface area contributed by atoms with Crippen molar-refractivity contribution in [2.75, 3.05) is 0 Å². The van der Waals surface area contributed by atoms with E-state index in [1.165, 1.54) is 6.92 Å². The predicted octanol–water partition coefficient (Wildman–Crippen LogP) is 2.30. The molecule has 0 aliphatic carbocycles. The highest BCUT2D eigenvalue weighted by Gasteiger charge is 2.11. The Bertz CT molecular complexity index is 294. The third-order valence-electron chi connectivity index (χ3n) is 1.47. The van der Waals surface area contributed by atoms with E-state index in [1.54, 1.807) is 24.3 Å². The Balaban J connectivity index is 2.64. The Hall–Kier alpha value is -1.03. The second-order valence-electron chi connectivity index (χ2n) is 2.55. The third-order valence-corrected chi connectivity index (χ3v) is 2.00. The third kappa shape index (κ3) is 3.06. The number of aliphatic carboxylic acids is 1. The zero-order valence-corrected chi connectivity index (χ0v) is 8.61. The van der Waals surface area contributed by atoms with Crippen LogP contribution < -0.4 is 4.74 Å². The molecule has 0 amide bonds. The van der Waals surface area contributed by atoms with Crippen LogP contribution in [0.2, 0.25) is 0 Å². The fourth-order valence-corrected chi connectivity index (χ4v) is 1.03. The maximum absolute atomic E-state index is 10.4. The van der Waals surface area contributed by atoms with Gasteiger partial charge in [0.25, 0.3) is 0 Å². The van der Waals surface area contributed by atoms with Crippen molar-refractivity contribution < 1.29 is 14.6 Å². The van der Waals surface area contributed by atoms with Gasteiger partial charge in [-0.25, -0.2) is 4.79 Å². The molecule has 0 unspecified atom stereocenters. The fourth-order valence-electron chi connectivity index (χ4n) is 0.768. The smallest absolute Gasteiger partial charge is 0.344 e. The molecular formula is C9H9BrO3. The van der Waals surface area contributed by atoms with Crippen LogP contribution in [0.15, 0.2) is 28.7 Å². The maximum atomic E-state index is 10.4. The highest BCUT2D eigenvalue weighted by atomic mass is 79.9. The van der Waals surface area contributed by atoms with E-state index in [-0.39, 0.29) is 0 Å². The molecule has 0 aromatic heterocycles. The number of carboxylic acid groups (broad SMARTS) is 1. The van der Waals surface area contributed by atoms with Crippen molar-refractivity contribution in [2.45, 2.75) is 13.0 Å². The number of benzene rings is 1. The van der Waals surface area contributed by atoms with Gasteiger partial charge >= 0.3 is 5.97 Å². The summed E-state index contributed by atoms with van der Waals surface area (Å²) in [7, 11) is 0. The fraction of sp³-hybridized carbons (Fsp3) is 0.222. The molecule has 0 saturated carbocycles. The van der Waals surface area contributed by atoms with Crippen LogP contribution in [0.25, 0.3) is 0 Å². The van der Waals surface area contributed by atoms with Crippen molar-refractivity contribution in [2.24, 2.45) is 0 Å². The Morgan fingerprint density at radius 1 is 1.46 bits per heavy atom. The van der Waals surface area contributed by atoms with Gasteiger partial charge in [0.15, 0.2) is 6.10 Å². The first-order valence-electron chi connectivity index (χ1n) is 3.74. The Morgan fingerprint density at radius 3 is 2.46 bits per heavy atom. The molecule has 0 aliphatic heterocycles. The lowest BCUT2D eigenvalue weighted by atomic mass is 10.3. The number of ether oxygens (including phenoxy) is 1. The van der Waals surface area contributed by atoms with Crippen LogP contribution in [0.1, 0.15) is 6.92 Å². The zero-order valence-electron chi connectivity index (χ0n) is 7.03. The molecule has 1 aromatic carbocycles. The number of hydrogen-bond donors (Lipinski definition) is 1. The summed E-state index contributed by atoms with van der Waals surface area (Å²) >= 11 is 3.27. The van der Waals surface area contributed by atoms with Crippen LogP contribution >= 0.6 is 15.9 Å². The van der Waals surface area contributed by atoms with Gasteiger partial charge in [-0.05, 0) is 31.2 Å². The SMILES string of the molecule is C[C@H](Oc1ccc(Br)cc1)C(=O)O. The molecule has 0 aliphatic rings. The molecule has 0 saturated heterocycles. The Kier molecular flexibility index (Phi) is 3.31. The van der Waals surface area contributed by atoms with Crippen molar-refractivity contribution in [3.05, 3.63) is 28.7 Å². The average molecular weight is 245 g/mol. The van der Waals surface area contributed by atoms with Gasteiger partial charge < -0.3 is 9.84 Å². The minimum atomic E-state index is -0.970. The van der Waals surface area contributed by atoms with E-state index in [2.05, 4.69) is 15.9 Å². The molecule has 0 bridgehead atoms. The molecule has 1 rings (SSSR count). The molecule has 1 aromatic rings. The highest BCUT2D eigenvalue weighted by Crippen LogP contribution is 2.17. The van der Waals surface area contributed by atoms with Gasteiger partial charge in [0, 0.05) is 4.47 Å². The van der Waals surface area contributed by atoms with Crippen molar-refractivity contribution in [1.82, 2.24) is 0 Å². The molecule has 0 radical (unpaired) electrons. The molecule has 1 N–H and O–H groups in total. The van der Waals surface area contributed by atoms with E-state index in [4.69, 9.17) is 9.84 Å². The summed E-state index contributed by atoms with van der Waals surface area (Å²) in [6.45, 7) is 1.49. The first-order chi connectivity index (χ1) is 6.09. The van der Waals surface area contributed by atoms with Crippen LogP contribution in [0, 0.1) is 0 Å². The summed E-state index contributed by atoms with van der Waals surface area (Å²) < 4.78 is 6.04. The zero-order chi connectivity index (χ0) is 9.84. The van der Waals surface area contributed by atoms with Gasteiger partial charge in [0.05, 0.1) is 0 Å². The van der Waals surface area contributed by atoms with Crippen LogP contribution in [-0.2, 0) is 4.79 Å². The monoisotopic (exact) mass is 244 g/mol. The van der Waals surface area contributed by atoms with E-state index in [9.17, 15) is 4.79 Å². The van der Waals surface area contributed by atoms with Crippen LogP contribution in [0.3, 0.4) is 0 Å². The van der Waals surface area contributed by atoms with E-state index in [1.807, 2.05) is 0 Å². The highest BCUT2D eigenvalue weighted by molar-refractivity contribution is 9.10. The normalized spacial score (nSPS) is 12.2. The molecule has 0 spiro atoms. The Labute approximate surface area is 84.5 Å². The summed E-state index contributed by atoms with van der Waals surface area (Å²) in [5.74, 6) is -0.416. The van der Waals surface area contributed by atoms with E-state index in [0.29, 0.717) is 5.75 Å². The second-order valence-corrected chi connectivity index (χ2v) is 3.47. The average Bonchev–Trinajstić information content (AvgIpc) is 2.08.